The lowest BCUT2D eigenvalue weighted by Gasteiger charge is -1.96. The quantitative estimate of drug-likeness (QED) is 0.248. The minimum absolute atomic E-state index is 0.312. The maximum Gasteiger partial charge on any atom is 0.333 e. The zero-order valence-corrected chi connectivity index (χ0v) is 6.39. The molecule has 0 unspecified atom stereocenters. The molecule has 0 atom stereocenters. The fourth-order valence-corrected chi connectivity index (χ4v) is 0.254. The van der Waals surface area contributed by atoms with Crippen molar-refractivity contribution in [2.45, 2.75) is 13.8 Å². The lowest BCUT2D eigenvalue weighted by Crippen LogP contribution is -2.03. The smallest absolute Gasteiger partial charge is 0.333 e. The third kappa shape index (κ3) is 7.13. The van der Waals surface area contributed by atoms with Crippen LogP contribution in [-0.4, -0.2) is 12.6 Å². The molecule has 0 saturated heterocycles. The number of hydrazine groups is 1. The van der Waals surface area contributed by atoms with Gasteiger partial charge in [0.05, 0.1) is 6.61 Å². The Morgan fingerprint density at radius 3 is 2.10 bits per heavy atom. The lowest BCUT2D eigenvalue weighted by atomic mass is 10.4. The van der Waals surface area contributed by atoms with Crippen LogP contribution in [0.15, 0.2) is 12.2 Å². The Labute approximate surface area is 60.8 Å². The van der Waals surface area contributed by atoms with E-state index in [0.29, 0.717) is 12.2 Å². The Kier molecular flexibility index (Phi) is 9.65. The van der Waals surface area contributed by atoms with E-state index < -0.39 is 0 Å². The molecule has 60 valence electrons. The summed E-state index contributed by atoms with van der Waals surface area (Å²) >= 11 is 0. The van der Waals surface area contributed by atoms with E-state index in [1.54, 1.807) is 13.8 Å². The molecule has 0 fully saturated rings. The van der Waals surface area contributed by atoms with Crippen molar-refractivity contribution in [1.29, 1.82) is 0 Å². The monoisotopic (exact) mass is 146 g/mol. The molecule has 0 aromatic carbocycles. The van der Waals surface area contributed by atoms with Crippen LogP contribution in [0, 0.1) is 0 Å². The van der Waals surface area contributed by atoms with E-state index in [-0.39, 0.29) is 5.97 Å². The standard InChI is InChI=1S/C6H10O2.H4N2/c1-4-8-6(7)5(2)3;1-2/h2,4H2,1,3H3;1-2H2. The summed E-state index contributed by atoms with van der Waals surface area (Å²) in [7, 11) is 0. The fourth-order valence-electron chi connectivity index (χ4n) is 0.254. The third-order valence-corrected chi connectivity index (χ3v) is 0.624. The molecule has 0 aromatic rings. The van der Waals surface area contributed by atoms with Gasteiger partial charge in [0.2, 0.25) is 0 Å². The van der Waals surface area contributed by atoms with E-state index in [1.165, 1.54) is 0 Å². The van der Waals surface area contributed by atoms with E-state index in [1.807, 2.05) is 0 Å². The van der Waals surface area contributed by atoms with Gasteiger partial charge in [-0.25, -0.2) is 4.79 Å². The zero-order valence-electron chi connectivity index (χ0n) is 6.39. The van der Waals surface area contributed by atoms with E-state index in [4.69, 9.17) is 0 Å². The number of carbonyl (C=O) groups excluding carboxylic acids is 1. The molecule has 0 saturated carbocycles. The second-order valence-corrected chi connectivity index (χ2v) is 1.50. The molecule has 0 heterocycles. The first kappa shape index (κ1) is 11.9. The molecule has 0 radical (unpaired) electrons. The molecule has 0 aliphatic heterocycles. The fraction of sp³-hybridized carbons (Fsp3) is 0.500. The first-order valence-corrected chi connectivity index (χ1v) is 2.84. The zero-order chi connectivity index (χ0) is 8.57. The summed E-state index contributed by atoms with van der Waals surface area (Å²) in [5.41, 5.74) is 0.451. The number of rotatable bonds is 2. The van der Waals surface area contributed by atoms with Crippen molar-refractivity contribution >= 4 is 5.97 Å². The van der Waals surface area contributed by atoms with Gasteiger partial charge in [0.15, 0.2) is 0 Å². The Balaban J connectivity index is 0. The van der Waals surface area contributed by atoms with Crippen LogP contribution in [-0.2, 0) is 9.53 Å². The molecule has 0 spiro atoms. The number of hydrogen-bond donors (Lipinski definition) is 2. The summed E-state index contributed by atoms with van der Waals surface area (Å²) in [6, 6.07) is 0. The normalized spacial score (nSPS) is 7.20. The molecule has 0 aliphatic rings. The number of nitrogens with two attached hydrogens (primary N) is 2. The van der Waals surface area contributed by atoms with E-state index in [2.05, 4.69) is 23.0 Å². The first-order chi connectivity index (χ1) is 4.68. The average molecular weight is 146 g/mol. The number of esters is 1. The molecule has 10 heavy (non-hydrogen) atoms. The van der Waals surface area contributed by atoms with Gasteiger partial charge in [-0.05, 0) is 13.8 Å². The van der Waals surface area contributed by atoms with Gasteiger partial charge in [0.1, 0.15) is 0 Å². The topological polar surface area (TPSA) is 78.3 Å². The van der Waals surface area contributed by atoms with E-state index >= 15 is 0 Å². The summed E-state index contributed by atoms with van der Waals surface area (Å²) in [6.45, 7) is 7.21. The van der Waals surface area contributed by atoms with Crippen molar-refractivity contribution < 1.29 is 9.53 Å². The maximum absolute atomic E-state index is 10.4. The van der Waals surface area contributed by atoms with Gasteiger partial charge in [0.25, 0.3) is 0 Å². The van der Waals surface area contributed by atoms with Crippen LogP contribution in [0.1, 0.15) is 13.8 Å². The van der Waals surface area contributed by atoms with Gasteiger partial charge in [0, 0.05) is 5.57 Å². The van der Waals surface area contributed by atoms with Gasteiger partial charge in [-0.2, -0.15) is 0 Å². The third-order valence-electron chi connectivity index (χ3n) is 0.624. The highest BCUT2D eigenvalue weighted by molar-refractivity contribution is 5.86. The second-order valence-electron chi connectivity index (χ2n) is 1.50. The van der Waals surface area contributed by atoms with Crippen LogP contribution < -0.4 is 11.7 Å². The number of carbonyl (C=O) groups is 1. The van der Waals surface area contributed by atoms with E-state index in [0.717, 1.165) is 0 Å². The van der Waals surface area contributed by atoms with Crippen molar-refractivity contribution in [3.8, 4) is 0 Å². The van der Waals surface area contributed by atoms with E-state index in [9.17, 15) is 4.79 Å². The van der Waals surface area contributed by atoms with Crippen molar-refractivity contribution in [1.82, 2.24) is 0 Å². The Morgan fingerprint density at radius 2 is 2.00 bits per heavy atom. The number of ether oxygens (including phenoxy) is 1. The molecular formula is C6H14N2O2. The summed E-state index contributed by atoms with van der Waals surface area (Å²) < 4.78 is 4.56. The molecule has 4 heteroatoms. The average Bonchev–Trinajstić information content (AvgIpc) is 1.93. The molecular weight excluding hydrogens is 132 g/mol. The molecule has 0 amide bonds. The van der Waals surface area contributed by atoms with Gasteiger partial charge in [-0.3, -0.25) is 11.7 Å². The summed E-state index contributed by atoms with van der Waals surface area (Å²) in [5, 5.41) is 0. The highest BCUT2D eigenvalue weighted by Gasteiger charge is 1.98. The predicted molar refractivity (Wildman–Crippen MR) is 39.8 cm³/mol. The molecule has 0 rings (SSSR count). The molecule has 0 bridgehead atoms. The van der Waals surface area contributed by atoms with Crippen molar-refractivity contribution in [3.05, 3.63) is 12.2 Å². The Hall–Kier alpha value is -0.870. The van der Waals surface area contributed by atoms with Crippen LogP contribution in [0.3, 0.4) is 0 Å². The summed E-state index contributed by atoms with van der Waals surface area (Å²) in [4.78, 5) is 10.4. The minimum atomic E-state index is -0.312. The van der Waals surface area contributed by atoms with Crippen molar-refractivity contribution in [2.24, 2.45) is 11.7 Å². The minimum Gasteiger partial charge on any atom is -0.463 e. The van der Waals surface area contributed by atoms with Crippen LogP contribution >= 0.6 is 0 Å². The Morgan fingerprint density at radius 1 is 1.60 bits per heavy atom. The SMILES string of the molecule is C=C(C)C(=O)OCC.NN. The Bertz CT molecular complexity index is 112. The molecule has 0 aliphatic carbocycles. The second kappa shape index (κ2) is 8.13. The summed E-state index contributed by atoms with van der Waals surface area (Å²) in [5.74, 6) is 7.69. The lowest BCUT2D eigenvalue weighted by molar-refractivity contribution is -0.138. The maximum atomic E-state index is 10.4. The molecule has 4 N–H and O–H groups in total. The van der Waals surface area contributed by atoms with Crippen molar-refractivity contribution in [3.63, 3.8) is 0 Å². The largest absolute Gasteiger partial charge is 0.463 e. The highest BCUT2D eigenvalue weighted by atomic mass is 16.5. The van der Waals surface area contributed by atoms with Crippen molar-refractivity contribution in [2.75, 3.05) is 6.61 Å². The number of hydrogen-bond acceptors (Lipinski definition) is 4. The van der Waals surface area contributed by atoms with Crippen LogP contribution in [0.4, 0.5) is 0 Å². The predicted octanol–water partition coefficient (Wildman–Crippen LogP) is -0.0556. The van der Waals surface area contributed by atoms with Gasteiger partial charge < -0.3 is 4.74 Å². The van der Waals surface area contributed by atoms with Crippen LogP contribution in [0.2, 0.25) is 0 Å². The van der Waals surface area contributed by atoms with Crippen LogP contribution in [0.5, 0.6) is 0 Å². The van der Waals surface area contributed by atoms with Crippen LogP contribution in [0.25, 0.3) is 0 Å². The molecule has 4 nitrogen and oxygen atoms in total. The molecule has 0 aromatic heterocycles. The summed E-state index contributed by atoms with van der Waals surface area (Å²) in [6.07, 6.45) is 0. The first-order valence-electron chi connectivity index (χ1n) is 2.84. The van der Waals surface area contributed by atoms with Gasteiger partial charge in [-0.1, -0.05) is 6.58 Å². The van der Waals surface area contributed by atoms with Gasteiger partial charge >= 0.3 is 5.97 Å². The highest BCUT2D eigenvalue weighted by Crippen LogP contribution is 1.89. The van der Waals surface area contributed by atoms with Gasteiger partial charge in [-0.15, -0.1) is 0 Å².